The maximum atomic E-state index is 12.6. The molecular formula is C35H36Br2N4O6. The molecule has 10 nitrogen and oxygen atoms in total. The number of nitrogens with one attached hydrogen (secondary N) is 3. The third kappa shape index (κ3) is 9.32. The molecule has 0 atom stereocenters. The number of halogens is 2. The predicted molar refractivity (Wildman–Crippen MR) is 191 cm³/mol. The van der Waals surface area contributed by atoms with Crippen LogP contribution in [0.4, 0.5) is 0 Å². The molecule has 0 aliphatic carbocycles. The molecule has 0 amide bonds. The summed E-state index contributed by atoms with van der Waals surface area (Å²) in [5, 5.41) is 0. The van der Waals surface area contributed by atoms with E-state index in [1.54, 1.807) is 0 Å². The molecule has 3 N–H and O–H groups in total. The zero-order chi connectivity index (χ0) is 34.4. The van der Waals surface area contributed by atoms with Crippen LogP contribution in [0.25, 0.3) is 0 Å². The molecule has 0 aliphatic rings. The molecule has 0 spiro atoms. The highest BCUT2D eigenvalue weighted by Crippen LogP contribution is 2.27. The van der Waals surface area contributed by atoms with Crippen molar-refractivity contribution in [2.24, 2.45) is 0 Å². The number of benzene rings is 3. The van der Waals surface area contributed by atoms with Gasteiger partial charge in [-0.15, -0.1) is 0 Å². The van der Waals surface area contributed by atoms with Crippen LogP contribution in [0.3, 0.4) is 0 Å². The summed E-state index contributed by atoms with van der Waals surface area (Å²) in [7, 11) is 0. The molecule has 5 rings (SSSR count). The van der Waals surface area contributed by atoms with Crippen molar-refractivity contribution in [3.05, 3.63) is 144 Å². The molecule has 2 aromatic heterocycles. The van der Waals surface area contributed by atoms with Gasteiger partial charge in [-0.25, -0.2) is 9.59 Å². The number of ether oxygens (including phenoxy) is 2. The van der Waals surface area contributed by atoms with Crippen LogP contribution >= 0.6 is 31.9 Å². The topological polar surface area (TPSA) is 139 Å². The summed E-state index contributed by atoms with van der Waals surface area (Å²) >= 11 is 6.93. The third-order valence-electron chi connectivity index (χ3n) is 7.04. The quantitative estimate of drug-likeness (QED) is 0.154. The zero-order valence-electron chi connectivity index (χ0n) is 27.0. The van der Waals surface area contributed by atoms with Crippen molar-refractivity contribution >= 4 is 31.9 Å². The van der Waals surface area contributed by atoms with Gasteiger partial charge in [-0.05, 0) is 111 Å². The number of hydrogen-bond donors (Lipinski definition) is 3. The van der Waals surface area contributed by atoms with Crippen LogP contribution in [-0.2, 0) is 19.4 Å². The van der Waals surface area contributed by atoms with Gasteiger partial charge in [0, 0.05) is 8.95 Å². The Balaban J connectivity index is 0.000000229. The van der Waals surface area contributed by atoms with Crippen LogP contribution in [0, 0.1) is 27.7 Å². The number of aryl methyl sites for hydroxylation is 4. The van der Waals surface area contributed by atoms with Gasteiger partial charge in [0.25, 0.3) is 11.1 Å². The molecule has 246 valence electrons. The van der Waals surface area contributed by atoms with E-state index in [1.807, 2.05) is 96.1 Å². The number of nitrogens with zero attached hydrogens (tertiary/aromatic N) is 1. The molecule has 12 heteroatoms. The van der Waals surface area contributed by atoms with Crippen molar-refractivity contribution in [2.75, 3.05) is 0 Å². The molecule has 0 aliphatic heterocycles. The van der Waals surface area contributed by atoms with E-state index in [9.17, 15) is 19.2 Å². The van der Waals surface area contributed by atoms with Gasteiger partial charge in [0.2, 0.25) is 11.8 Å². The summed E-state index contributed by atoms with van der Waals surface area (Å²) in [5.74, 6) is 1.69. The van der Waals surface area contributed by atoms with E-state index < -0.39 is 22.5 Å². The van der Waals surface area contributed by atoms with Crippen LogP contribution in [0.2, 0.25) is 0 Å². The highest BCUT2D eigenvalue weighted by Gasteiger charge is 2.17. The van der Waals surface area contributed by atoms with Crippen LogP contribution in [0.5, 0.6) is 23.3 Å². The number of aromatic nitrogens is 4. The Morgan fingerprint density at radius 2 is 1.11 bits per heavy atom. The zero-order valence-corrected chi connectivity index (χ0v) is 30.1. The second-order valence-corrected chi connectivity index (χ2v) is 13.0. The van der Waals surface area contributed by atoms with E-state index >= 15 is 0 Å². The summed E-state index contributed by atoms with van der Waals surface area (Å²) in [6.45, 7) is 11.8. The van der Waals surface area contributed by atoms with Gasteiger partial charge in [-0.3, -0.25) is 29.1 Å². The van der Waals surface area contributed by atoms with Gasteiger partial charge in [0.05, 0.1) is 17.7 Å². The van der Waals surface area contributed by atoms with Gasteiger partial charge in [0.15, 0.2) is 0 Å². The first-order valence-corrected chi connectivity index (χ1v) is 16.5. The minimum Gasteiger partial charge on any atom is -0.440 e. The Bertz CT molecular complexity index is 2100. The van der Waals surface area contributed by atoms with Gasteiger partial charge in [-0.2, -0.15) is 0 Å². The number of rotatable bonds is 8. The standard InChI is InChI=1S/C21H20Br2N2O3.C14H16N2O3/c1-4-18-19(26)24-21(27)25(11-14-8-15(22)10-16(23)9-14)20(18)28-17-6-12(2)5-13(3)7-17;1-4-11-12(17)15-14(18)16-13(11)19-10-6-8(2)5-9(3)7-10/h5-10H,4,11H2,1-3H3,(H,24,26,27);5-7H,4H2,1-3H3,(H2,15,16,17,18). The van der Waals surface area contributed by atoms with E-state index in [1.165, 1.54) is 4.57 Å². The third-order valence-corrected chi connectivity index (χ3v) is 7.96. The summed E-state index contributed by atoms with van der Waals surface area (Å²) in [6.07, 6.45) is 0.921. The number of aromatic amines is 3. The van der Waals surface area contributed by atoms with E-state index in [0.29, 0.717) is 35.5 Å². The first-order chi connectivity index (χ1) is 22.3. The molecule has 0 saturated heterocycles. The normalized spacial score (nSPS) is 10.7. The molecule has 0 fully saturated rings. The summed E-state index contributed by atoms with van der Waals surface area (Å²) < 4.78 is 15.0. The maximum absolute atomic E-state index is 12.6. The van der Waals surface area contributed by atoms with Gasteiger partial charge >= 0.3 is 11.4 Å². The lowest BCUT2D eigenvalue weighted by Crippen LogP contribution is -2.33. The fourth-order valence-corrected chi connectivity index (χ4v) is 6.55. The van der Waals surface area contributed by atoms with E-state index in [2.05, 4.69) is 46.8 Å². The molecule has 0 unspecified atom stereocenters. The van der Waals surface area contributed by atoms with Crippen molar-refractivity contribution in [1.29, 1.82) is 0 Å². The van der Waals surface area contributed by atoms with Crippen LogP contribution in [-0.4, -0.2) is 19.5 Å². The lowest BCUT2D eigenvalue weighted by Gasteiger charge is -2.17. The lowest BCUT2D eigenvalue weighted by atomic mass is 10.1. The van der Waals surface area contributed by atoms with Crippen LogP contribution < -0.4 is 32.0 Å². The second kappa shape index (κ2) is 15.4. The van der Waals surface area contributed by atoms with Crippen molar-refractivity contribution in [2.45, 2.75) is 60.9 Å². The Kier molecular flexibility index (Phi) is 11.6. The van der Waals surface area contributed by atoms with Crippen molar-refractivity contribution in [3.8, 4) is 23.3 Å². The highest BCUT2D eigenvalue weighted by molar-refractivity contribution is 9.11. The SMILES string of the molecule is CCc1c(Oc2cc(C)cc(C)c2)[nH]c(=O)[nH]c1=O.CCc1c(Oc2cc(C)cc(C)c2)n(Cc2cc(Br)cc(Br)c2)c(=O)[nH]c1=O. The first kappa shape index (κ1) is 35.4. The van der Waals surface area contributed by atoms with Crippen molar-refractivity contribution < 1.29 is 9.47 Å². The fourth-order valence-electron chi connectivity index (χ4n) is 5.16. The average Bonchev–Trinajstić information content (AvgIpc) is 2.94. The van der Waals surface area contributed by atoms with Gasteiger partial charge in [-0.1, -0.05) is 57.8 Å². The van der Waals surface area contributed by atoms with Gasteiger partial charge < -0.3 is 9.47 Å². The number of hydrogen-bond acceptors (Lipinski definition) is 6. The molecule has 5 aromatic rings. The average molecular weight is 769 g/mol. The van der Waals surface area contributed by atoms with Gasteiger partial charge in [0.1, 0.15) is 11.5 Å². The minimum absolute atomic E-state index is 0.209. The monoisotopic (exact) mass is 766 g/mol. The largest absolute Gasteiger partial charge is 0.440 e. The van der Waals surface area contributed by atoms with Crippen molar-refractivity contribution in [1.82, 2.24) is 19.5 Å². The number of H-pyrrole nitrogens is 3. The Morgan fingerprint density at radius 3 is 1.62 bits per heavy atom. The summed E-state index contributed by atoms with van der Waals surface area (Å²) in [4.78, 5) is 55.1. The maximum Gasteiger partial charge on any atom is 0.331 e. The summed E-state index contributed by atoms with van der Waals surface area (Å²) in [6, 6.07) is 17.3. The predicted octanol–water partition coefficient (Wildman–Crippen LogP) is 7.12. The molecule has 47 heavy (non-hydrogen) atoms. The van der Waals surface area contributed by atoms with Crippen molar-refractivity contribution in [3.63, 3.8) is 0 Å². The van der Waals surface area contributed by atoms with E-state index in [-0.39, 0.29) is 18.3 Å². The molecule has 0 saturated carbocycles. The van der Waals surface area contributed by atoms with E-state index in [4.69, 9.17) is 9.47 Å². The minimum atomic E-state index is -0.568. The summed E-state index contributed by atoms with van der Waals surface area (Å²) in [5.41, 5.74) is 4.06. The Hall–Kier alpha value is -4.42. The molecule has 0 radical (unpaired) electrons. The molecular weight excluding hydrogens is 732 g/mol. The smallest absolute Gasteiger partial charge is 0.331 e. The fraction of sp³-hybridized carbons (Fsp3) is 0.257. The highest BCUT2D eigenvalue weighted by atomic mass is 79.9. The lowest BCUT2D eigenvalue weighted by molar-refractivity contribution is 0.413. The molecule has 0 bridgehead atoms. The Morgan fingerprint density at radius 1 is 0.617 bits per heavy atom. The first-order valence-electron chi connectivity index (χ1n) is 14.9. The molecule has 2 heterocycles. The second-order valence-electron chi connectivity index (χ2n) is 11.2. The Labute approximate surface area is 288 Å². The van der Waals surface area contributed by atoms with Crippen LogP contribution in [0.1, 0.15) is 52.8 Å². The van der Waals surface area contributed by atoms with Crippen LogP contribution in [0.15, 0.2) is 82.7 Å². The van der Waals surface area contributed by atoms with E-state index in [0.717, 1.165) is 36.8 Å². The molecule has 3 aromatic carbocycles.